The van der Waals surface area contributed by atoms with Gasteiger partial charge in [0.25, 0.3) is 0 Å². The van der Waals surface area contributed by atoms with Crippen molar-refractivity contribution < 1.29 is 9.47 Å². The first-order valence-electron chi connectivity index (χ1n) is 6.61. The normalized spacial score (nSPS) is 10.2. The van der Waals surface area contributed by atoms with Gasteiger partial charge in [-0.2, -0.15) is 0 Å². The molecular formula is C18H20O2. The van der Waals surface area contributed by atoms with Gasteiger partial charge in [-0.3, -0.25) is 0 Å². The van der Waals surface area contributed by atoms with E-state index in [2.05, 4.69) is 18.7 Å². The van der Waals surface area contributed by atoms with Crippen LogP contribution < -0.4 is 9.47 Å². The van der Waals surface area contributed by atoms with Crippen LogP contribution in [-0.2, 0) is 6.42 Å². The number of benzene rings is 2. The molecule has 0 heterocycles. The molecule has 0 saturated heterocycles. The molecule has 0 aliphatic heterocycles. The Balaban J connectivity index is 2.64. The highest BCUT2D eigenvalue weighted by atomic mass is 16.5. The Morgan fingerprint density at radius 2 is 1.55 bits per heavy atom. The minimum absolute atomic E-state index is 0.818. The molecule has 0 N–H and O–H groups in total. The molecule has 2 rings (SSSR count). The average Bonchev–Trinajstić information content (AvgIpc) is 2.46. The first kappa shape index (κ1) is 14.2. The fraction of sp³-hybridized carbons (Fsp3) is 0.222. The summed E-state index contributed by atoms with van der Waals surface area (Å²) in [7, 11) is 3.36. The van der Waals surface area contributed by atoms with E-state index in [-0.39, 0.29) is 0 Å². The molecule has 0 bridgehead atoms. The van der Waals surface area contributed by atoms with Gasteiger partial charge >= 0.3 is 0 Å². The van der Waals surface area contributed by atoms with Crippen LogP contribution in [0.25, 0.3) is 11.1 Å². The maximum absolute atomic E-state index is 5.50. The molecule has 0 unspecified atom stereocenters. The Hall–Kier alpha value is -2.22. The van der Waals surface area contributed by atoms with Crippen molar-refractivity contribution in [3.05, 3.63) is 60.2 Å². The van der Waals surface area contributed by atoms with Crippen LogP contribution >= 0.6 is 0 Å². The molecule has 0 atom stereocenters. The van der Waals surface area contributed by atoms with E-state index in [1.807, 2.05) is 37.3 Å². The highest BCUT2D eigenvalue weighted by molar-refractivity contribution is 5.79. The first-order chi connectivity index (χ1) is 9.67. The van der Waals surface area contributed by atoms with Gasteiger partial charge in [-0.1, -0.05) is 42.5 Å². The minimum Gasteiger partial charge on any atom is -0.496 e. The zero-order valence-electron chi connectivity index (χ0n) is 12.3. The van der Waals surface area contributed by atoms with Crippen molar-refractivity contribution in [1.82, 2.24) is 0 Å². The van der Waals surface area contributed by atoms with Crippen molar-refractivity contribution in [2.45, 2.75) is 13.3 Å². The lowest BCUT2D eigenvalue weighted by Crippen LogP contribution is -1.96. The molecule has 2 aromatic carbocycles. The third-order valence-electron chi connectivity index (χ3n) is 3.21. The molecule has 0 aromatic heterocycles. The van der Waals surface area contributed by atoms with Crippen LogP contribution in [0.3, 0.4) is 0 Å². The highest BCUT2D eigenvalue weighted by Crippen LogP contribution is 2.40. The Labute approximate surface area is 120 Å². The topological polar surface area (TPSA) is 18.5 Å². The van der Waals surface area contributed by atoms with Gasteiger partial charge in [0.1, 0.15) is 11.5 Å². The summed E-state index contributed by atoms with van der Waals surface area (Å²) in [6.07, 6.45) is 0.845. The van der Waals surface area contributed by atoms with Gasteiger partial charge < -0.3 is 9.47 Å². The maximum Gasteiger partial charge on any atom is 0.130 e. The van der Waals surface area contributed by atoms with Crippen molar-refractivity contribution in [3.8, 4) is 22.6 Å². The van der Waals surface area contributed by atoms with E-state index < -0.39 is 0 Å². The van der Waals surface area contributed by atoms with Crippen LogP contribution in [0.4, 0.5) is 0 Å². The van der Waals surface area contributed by atoms with E-state index in [0.29, 0.717) is 0 Å². The molecule has 2 aromatic rings. The zero-order valence-corrected chi connectivity index (χ0v) is 12.3. The summed E-state index contributed by atoms with van der Waals surface area (Å²) in [6, 6.07) is 14.1. The molecule has 0 radical (unpaired) electrons. The lowest BCUT2D eigenvalue weighted by atomic mass is 9.94. The summed E-state index contributed by atoms with van der Waals surface area (Å²) in [5, 5.41) is 0. The number of hydrogen-bond donors (Lipinski definition) is 0. The summed E-state index contributed by atoms with van der Waals surface area (Å²) in [5.41, 5.74) is 4.48. The summed E-state index contributed by atoms with van der Waals surface area (Å²) >= 11 is 0. The summed E-state index contributed by atoms with van der Waals surface area (Å²) in [6.45, 7) is 6.05. The van der Waals surface area contributed by atoms with Crippen LogP contribution in [0, 0.1) is 0 Å². The number of methoxy groups -OCH3 is 2. The van der Waals surface area contributed by atoms with Gasteiger partial charge in [0.15, 0.2) is 0 Å². The molecule has 0 fully saturated rings. The van der Waals surface area contributed by atoms with E-state index in [9.17, 15) is 0 Å². The van der Waals surface area contributed by atoms with E-state index in [0.717, 1.165) is 34.6 Å². The molecule has 0 spiro atoms. The number of allylic oxidation sites excluding steroid dienone is 1. The van der Waals surface area contributed by atoms with Gasteiger partial charge in [0.2, 0.25) is 0 Å². The Morgan fingerprint density at radius 3 is 2.10 bits per heavy atom. The van der Waals surface area contributed by atoms with Crippen molar-refractivity contribution >= 4 is 0 Å². The highest BCUT2D eigenvalue weighted by Gasteiger charge is 2.15. The van der Waals surface area contributed by atoms with E-state index in [1.165, 1.54) is 5.56 Å². The smallest absolute Gasteiger partial charge is 0.130 e. The zero-order chi connectivity index (χ0) is 14.5. The Bertz CT molecular complexity index is 592. The lowest BCUT2D eigenvalue weighted by Gasteiger charge is -2.16. The largest absolute Gasteiger partial charge is 0.496 e. The quantitative estimate of drug-likeness (QED) is 0.744. The third kappa shape index (κ3) is 2.85. The van der Waals surface area contributed by atoms with Crippen LogP contribution in [0.5, 0.6) is 11.5 Å². The predicted octanol–water partition coefficient (Wildman–Crippen LogP) is 4.49. The fourth-order valence-electron chi connectivity index (χ4n) is 2.36. The SMILES string of the molecule is C=C(C)Cc1ccccc1-c1c(OC)cccc1OC. The molecule has 0 aliphatic rings. The number of rotatable bonds is 5. The molecule has 0 amide bonds. The number of ether oxygens (including phenoxy) is 2. The van der Waals surface area contributed by atoms with Gasteiger partial charge in [-0.15, -0.1) is 0 Å². The van der Waals surface area contributed by atoms with Crippen molar-refractivity contribution in [2.24, 2.45) is 0 Å². The van der Waals surface area contributed by atoms with Crippen LogP contribution in [0.2, 0.25) is 0 Å². The molecule has 0 saturated carbocycles. The summed E-state index contributed by atoms with van der Waals surface area (Å²) in [5.74, 6) is 1.64. The van der Waals surface area contributed by atoms with Crippen molar-refractivity contribution in [3.63, 3.8) is 0 Å². The fourth-order valence-corrected chi connectivity index (χ4v) is 2.36. The molecule has 2 nitrogen and oxygen atoms in total. The molecular weight excluding hydrogens is 248 g/mol. The van der Waals surface area contributed by atoms with Gasteiger partial charge in [0.05, 0.1) is 19.8 Å². The maximum atomic E-state index is 5.50. The van der Waals surface area contributed by atoms with Gasteiger partial charge in [-0.25, -0.2) is 0 Å². The second kappa shape index (κ2) is 6.29. The molecule has 20 heavy (non-hydrogen) atoms. The molecule has 0 aliphatic carbocycles. The molecule has 104 valence electrons. The monoisotopic (exact) mass is 268 g/mol. The van der Waals surface area contributed by atoms with Gasteiger partial charge in [0, 0.05) is 0 Å². The van der Waals surface area contributed by atoms with Crippen molar-refractivity contribution in [2.75, 3.05) is 14.2 Å². The van der Waals surface area contributed by atoms with E-state index in [1.54, 1.807) is 14.2 Å². The standard InChI is InChI=1S/C18H20O2/c1-13(2)12-14-8-5-6-9-15(14)18-16(19-3)10-7-11-17(18)20-4/h5-11H,1,12H2,2-4H3. The average molecular weight is 268 g/mol. The predicted molar refractivity (Wildman–Crippen MR) is 83.5 cm³/mol. The van der Waals surface area contributed by atoms with Crippen LogP contribution in [0.15, 0.2) is 54.6 Å². The summed E-state index contributed by atoms with van der Waals surface area (Å²) in [4.78, 5) is 0. The lowest BCUT2D eigenvalue weighted by molar-refractivity contribution is 0.397. The van der Waals surface area contributed by atoms with Crippen LogP contribution in [0.1, 0.15) is 12.5 Å². The van der Waals surface area contributed by atoms with E-state index >= 15 is 0 Å². The second-order valence-electron chi connectivity index (χ2n) is 4.83. The van der Waals surface area contributed by atoms with Crippen molar-refractivity contribution in [1.29, 1.82) is 0 Å². The minimum atomic E-state index is 0.818. The second-order valence-corrected chi connectivity index (χ2v) is 4.83. The first-order valence-corrected chi connectivity index (χ1v) is 6.61. The number of hydrogen-bond acceptors (Lipinski definition) is 2. The summed E-state index contributed by atoms with van der Waals surface area (Å²) < 4.78 is 11.0. The third-order valence-corrected chi connectivity index (χ3v) is 3.21. The molecule has 2 heteroatoms. The van der Waals surface area contributed by atoms with E-state index in [4.69, 9.17) is 9.47 Å². The Morgan fingerprint density at radius 1 is 0.950 bits per heavy atom. The van der Waals surface area contributed by atoms with Crippen LogP contribution in [-0.4, -0.2) is 14.2 Å². The Kier molecular flexibility index (Phi) is 4.46. The van der Waals surface area contributed by atoms with Gasteiger partial charge in [-0.05, 0) is 36.6 Å².